The molecule has 1 aromatic heterocycles. The Labute approximate surface area is 169 Å². The smallest absolute Gasteiger partial charge is 0.407 e. The summed E-state index contributed by atoms with van der Waals surface area (Å²) in [4.78, 5) is 16.0. The number of rotatable bonds is 8. The van der Waals surface area contributed by atoms with E-state index in [9.17, 15) is 15.0 Å². The number of nitrogens with zero attached hydrogens (tertiary/aromatic N) is 1. The van der Waals surface area contributed by atoms with Crippen LogP contribution in [0.4, 0.5) is 4.79 Å². The first-order chi connectivity index (χ1) is 14.1. The monoisotopic (exact) mass is 392 g/mol. The fourth-order valence-electron chi connectivity index (χ4n) is 2.86. The van der Waals surface area contributed by atoms with Gasteiger partial charge in [0.2, 0.25) is 0 Å². The zero-order valence-electron chi connectivity index (χ0n) is 15.9. The van der Waals surface area contributed by atoms with E-state index < -0.39 is 18.3 Å². The van der Waals surface area contributed by atoms with Crippen molar-refractivity contribution in [1.82, 2.24) is 10.3 Å². The Bertz CT molecular complexity index is 886. The van der Waals surface area contributed by atoms with Crippen LogP contribution in [0.25, 0.3) is 11.3 Å². The van der Waals surface area contributed by atoms with Gasteiger partial charge < -0.3 is 20.3 Å². The van der Waals surface area contributed by atoms with Gasteiger partial charge in [-0.05, 0) is 29.7 Å². The van der Waals surface area contributed by atoms with Crippen molar-refractivity contribution in [1.29, 1.82) is 0 Å². The van der Waals surface area contributed by atoms with Crippen molar-refractivity contribution in [2.75, 3.05) is 6.54 Å². The largest absolute Gasteiger partial charge is 0.445 e. The molecule has 6 heteroatoms. The maximum atomic E-state index is 11.7. The molecular weight excluding hydrogens is 368 g/mol. The Hall–Kier alpha value is -3.22. The molecule has 150 valence electrons. The van der Waals surface area contributed by atoms with Crippen molar-refractivity contribution < 1.29 is 19.7 Å². The summed E-state index contributed by atoms with van der Waals surface area (Å²) in [5, 5.41) is 23.2. The minimum absolute atomic E-state index is 0.181. The standard InChI is InChI=1S/C23H24N2O4/c26-21(13-15-25-23(28)29-16-17-6-2-1-3-7-17)22(27)19-11-9-18(10-12-19)20-8-4-5-14-24-20/h1-12,14,21-22,26-27H,13,15-16H2,(H,25,28). The third-order valence-electron chi connectivity index (χ3n) is 4.50. The van der Waals surface area contributed by atoms with Crippen molar-refractivity contribution in [2.24, 2.45) is 0 Å². The summed E-state index contributed by atoms with van der Waals surface area (Å²) in [6, 6.07) is 22.3. The molecule has 29 heavy (non-hydrogen) atoms. The fraction of sp³-hybridized carbons (Fsp3) is 0.217. The van der Waals surface area contributed by atoms with Crippen LogP contribution in [0, 0.1) is 0 Å². The lowest BCUT2D eigenvalue weighted by Gasteiger charge is -2.18. The molecule has 6 nitrogen and oxygen atoms in total. The third-order valence-corrected chi connectivity index (χ3v) is 4.50. The highest BCUT2D eigenvalue weighted by Crippen LogP contribution is 2.23. The summed E-state index contributed by atoms with van der Waals surface area (Å²) >= 11 is 0. The molecule has 2 unspecified atom stereocenters. The van der Waals surface area contributed by atoms with Crippen LogP contribution in [0.5, 0.6) is 0 Å². The molecule has 3 N–H and O–H groups in total. The summed E-state index contributed by atoms with van der Waals surface area (Å²) in [5.74, 6) is 0. The van der Waals surface area contributed by atoms with E-state index in [1.165, 1.54) is 0 Å². The molecule has 0 saturated carbocycles. The lowest BCUT2D eigenvalue weighted by molar-refractivity contribution is 0.0136. The maximum Gasteiger partial charge on any atom is 0.407 e. The van der Waals surface area contributed by atoms with E-state index in [1.54, 1.807) is 18.3 Å². The predicted molar refractivity (Wildman–Crippen MR) is 110 cm³/mol. The molecule has 0 aliphatic rings. The highest BCUT2D eigenvalue weighted by Gasteiger charge is 2.18. The second-order valence-electron chi connectivity index (χ2n) is 6.63. The van der Waals surface area contributed by atoms with E-state index in [0.717, 1.165) is 16.8 Å². The number of nitrogens with one attached hydrogen (secondary N) is 1. The van der Waals surface area contributed by atoms with Crippen LogP contribution in [0.15, 0.2) is 79.0 Å². The van der Waals surface area contributed by atoms with E-state index in [0.29, 0.717) is 5.56 Å². The van der Waals surface area contributed by atoms with Gasteiger partial charge in [0.25, 0.3) is 0 Å². The molecule has 2 atom stereocenters. The summed E-state index contributed by atoms with van der Waals surface area (Å²) in [5.41, 5.74) is 3.27. The number of carbonyl (C=O) groups excluding carboxylic acids is 1. The number of carbonyl (C=O) groups is 1. The Kier molecular flexibility index (Phi) is 7.33. The summed E-state index contributed by atoms with van der Waals surface area (Å²) in [6.45, 7) is 0.373. The highest BCUT2D eigenvalue weighted by molar-refractivity contribution is 5.67. The van der Waals surface area contributed by atoms with E-state index >= 15 is 0 Å². The molecule has 3 aromatic rings. The van der Waals surface area contributed by atoms with Crippen LogP contribution in [-0.4, -0.2) is 33.9 Å². The number of benzene rings is 2. The van der Waals surface area contributed by atoms with Gasteiger partial charge in [0.05, 0.1) is 11.8 Å². The second kappa shape index (κ2) is 10.4. The van der Waals surface area contributed by atoms with Crippen molar-refractivity contribution in [3.63, 3.8) is 0 Å². The molecule has 0 aliphatic heterocycles. The average Bonchev–Trinajstić information content (AvgIpc) is 2.78. The first-order valence-corrected chi connectivity index (χ1v) is 9.45. The van der Waals surface area contributed by atoms with Crippen molar-refractivity contribution >= 4 is 6.09 Å². The number of alkyl carbamates (subject to hydrolysis) is 1. The Morgan fingerprint density at radius 2 is 1.69 bits per heavy atom. The van der Waals surface area contributed by atoms with Crippen molar-refractivity contribution in [3.05, 3.63) is 90.1 Å². The van der Waals surface area contributed by atoms with E-state index in [2.05, 4.69) is 10.3 Å². The van der Waals surface area contributed by atoms with Gasteiger partial charge >= 0.3 is 6.09 Å². The number of hydrogen-bond donors (Lipinski definition) is 3. The van der Waals surface area contributed by atoms with Crippen LogP contribution >= 0.6 is 0 Å². The minimum atomic E-state index is -1.05. The third kappa shape index (κ3) is 6.14. The van der Waals surface area contributed by atoms with Gasteiger partial charge in [-0.25, -0.2) is 4.79 Å². The second-order valence-corrected chi connectivity index (χ2v) is 6.63. The topological polar surface area (TPSA) is 91.7 Å². The number of aliphatic hydroxyl groups is 2. The quantitative estimate of drug-likeness (QED) is 0.546. The molecule has 0 spiro atoms. The molecule has 0 aliphatic carbocycles. The van der Waals surface area contributed by atoms with Crippen LogP contribution in [0.1, 0.15) is 23.7 Å². The van der Waals surface area contributed by atoms with Gasteiger partial charge in [0.15, 0.2) is 0 Å². The number of aliphatic hydroxyl groups excluding tert-OH is 2. The zero-order valence-corrected chi connectivity index (χ0v) is 15.9. The van der Waals surface area contributed by atoms with Gasteiger partial charge in [-0.2, -0.15) is 0 Å². The van der Waals surface area contributed by atoms with Crippen LogP contribution in [0.2, 0.25) is 0 Å². The number of aromatic nitrogens is 1. The first kappa shape index (κ1) is 20.5. The van der Waals surface area contributed by atoms with Crippen molar-refractivity contribution in [2.45, 2.75) is 25.2 Å². The summed E-state index contributed by atoms with van der Waals surface area (Å²) in [7, 11) is 0. The van der Waals surface area contributed by atoms with E-state index in [4.69, 9.17) is 4.74 Å². The van der Waals surface area contributed by atoms with Crippen molar-refractivity contribution in [3.8, 4) is 11.3 Å². The van der Waals surface area contributed by atoms with Gasteiger partial charge in [0.1, 0.15) is 12.7 Å². The Morgan fingerprint density at radius 3 is 2.38 bits per heavy atom. The van der Waals surface area contributed by atoms with E-state index in [-0.39, 0.29) is 19.6 Å². The SMILES string of the molecule is O=C(NCCC(O)C(O)c1ccc(-c2ccccn2)cc1)OCc1ccccc1. The van der Waals surface area contributed by atoms with Gasteiger partial charge in [-0.3, -0.25) is 4.98 Å². The maximum absolute atomic E-state index is 11.7. The van der Waals surface area contributed by atoms with Crippen LogP contribution in [-0.2, 0) is 11.3 Å². The molecule has 1 heterocycles. The lowest BCUT2D eigenvalue weighted by atomic mass is 10.00. The van der Waals surface area contributed by atoms with Crippen LogP contribution in [0.3, 0.4) is 0 Å². The molecule has 3 rings (SSSR count). The number of hydrogen-bond acceptors (Lipinski definition) is 5. The van der Waals surface area contributed by atoms with Gasteiger partial charge in [-0.15, -0.1) is 0 Å². The molecule has 0 bridgehead atoms. The molecule has 0 saturated heterocycles. The zero-order chi connectivity index (χ0) is 20.5. The van der Waals surface area contributed by atoms with Gasteiger partial charge in [0, 0.05) is 18.3 Å². The first-order valence-electron chi connectivity index (χ1n) is 9.45. The number of ether oxygens (including phenoxy) is 1. The molecule has 2 aromatic carbocycles. The molecule has 0 fully saturated rings. The summed E-state index contributed by atoms with van der Waals surface area (Å²) in [6.07, 6.45) is -0.696. The lowest BCUT2D eigenvalue weighted by Crippen LogP contribution is -2.29. The Morgan fingerprint density at radius 1 is 0.966 bits per heavy atom. The molecular formula is C23H24N2O4. The number of amides is 1. The fourth-order valence-corrected chi connectivity index (χ4v) is 2.86. The van der Waals surface area contributed by atoms with Crippen LogP contribution < -0.4 is 5.32 Å². The minimum Gasteiger partial charge on any atom is -0.445 e. The summed E-state index contributed by atoms with van der Waals surface area (Å²) < 4.78 is 5.11. The number of pyridine rings is 1. The molecule has 1 amide bonds. The van der Waals surface area contributed by atoms with E-state index in [1.807, 2.05) is 60.7 Å². The Balaban J connectivity index is 1.43. The predicted octanol–water partition coefficient (Wildman–Crippen LogP) is 3.46. The average molecular weight is 392 g/mol. The normalized spacial score (nSPS) is 12.8. The van der Waals surface area contributed by atoms with Gasteiger partial charge in [-0.1, -0.05) is 60.7 Å². The molecule has 0 radical (unpaired) electrons. The highest BCUT2D eigenvalue weighted by atomic mass is 16.5.